The molecule has 0 saturated heterocycles. The first-order chi connectivity index (χ1) is 8.92. The standard InChI is InChI=1S/C11H16N4O2S2/c1-8-10(6-15(3)13-8)14-19(16,17)11-4-9(5-12-2)7-18-11/h4,6-7,12,14H,5H2,1-3H3. The molecule has 0 aliphatic rings. The first-order valence-corrected chi connectivity index (χ1v) is 8.04. The fourth-order valence-electron chi connectivity index (χ4n) is 1.69. The van der Waals surface area contributed by atoms with E-state index >= 15 is 0 Å². The van der Waals surface area contributed by atoms with Crippen LogP contribution in [0.2, 0.25) is 0 Å². The van der Waals surface area contributed by atoms with Crippen molar-refractivity contribution in [3.63, 3.8) is 0 Å². The van der Waals surface area contributed by atoms with Crippen LogP contribution in [-0.4, -0.2) is 25.2 Å². The van der Waals surface area contributed by atoms with Crippen molar-refractivity contribution in [1.29, 1.82) is 0 Å². The highest BCUT2D eigenvalue weighted by atomic mass is 32.2. The van der Waals surface area contributed by atoms with Crippen LogP contribution in [0.25, 0.3) is 0 Å². The second-order valence-corrected chi connectivity index (χ2v) is 7.03. The Kier molecular flexibility index (Phi) is 3.93. The van der Waals surface area contributed by atoms with Gasteiger partial charge in [-0.15, -0.1) is 11.3 Å². The molecule has 2 heterocycles. The molecule has 0 radical (unpaired) electrons. The molecule has 0 saturated carbocycles. The van der Waals surface area contributed by atoms with E-state index in [2.05, 4.69) is 15.1 Å². The van der Waals surface area contributed by atoms with Crippen LogP contribution < -0.4 is 10.0 Å². The van der Waals surface area contributed by atoms with Crippen molar-refractivity contribution >= 4 is 27.0 Å². The highest BCUT2D eigenvalue weighted by Gasteiger charge is 2.18. The lowest BCUT2D eigenvalue weighted by Crippen LogP contribution is -2.12. The number of aryl methyl sites for hydroxylation is 2. The van der Waals surface area contributed by atoms with Crippen LogP contribution in [0.5, 0.6) is 0 Å². The lowest BCUT2D eigenvalue weighted by Gasteiger charge is -2.03. The van der Waals surface area contributed by atoms with Crippen LogP contribution in [0.1, 0.15) is 11.3 Å². The first-order valence-electron chi connectivity index (χ1n) is 5.67. The third kappa shape index (κ3) is 3.14. The maximum absolute atomic E-state index is 12.2. The van der Waals surface area contributed by atoms with Crippen molar-refractivity contribution in [2.75, 3.05) is 11.8 Å². The molecule has 0 bridgehead atoms. The molecule has 2 N–H and O–H groups in total. The Balaban J connectivity index is 2.24. The lowest BCUT2D eigenvalue weighted by molar-refractivity contribution is 0.603. The average molecular weight is 300 g/mol. The summed E-state index contributed by atoms with van der Waals surface area (Å²) in [4.78, 5) is 0. The van der Waals surface area contributed by atoms with Crippen LogP contribution in [0.15, 0.2) is 21.9 Å². The third-order valence-corrected chi connectivity index (χ3v) is 5.39. The number of anilines is 1. The fraction of sp³-hybridized carbons (Fsp3) is 0.364. The van der Waals surface area contributed by atoms with E-state index < -0.39 is 10.0 Å². The van der Waals surface area contributed by atoms with Crippen LogP contribution >= 0.6 is 11.3 Å². The van der Waals surface area contributed by atoms with Crippen LogP contribution in [0.3, 0.4) is 0 Å². The lowest BCUT2D eigenvalue weighted by atomic mass is 10.3. The van der Waals surface area contributed by atoms with Gasteiger partial charge < -0.3 is 5.32 Å². The summed E-state index contributed by atoms with van der Waals surface area (Å²) in [6.07, 6.45) is 1.65. The van der Waals surface area contributed by atoms with Crippen LogP contribution in [0, 0.1) is 6.92 Å². The molecule has 2 rings (SSSR count). The number of nitrogens with zero attached hydrogens (tertiary/aromatic N) is 2. The third-order valence-electron chi connectivity index (χ3n) is 2.53. The minimum absolute atomic E-state index is 0.306. The molecule has 0 aliphatic heterocycles. The SMILES string of the molecule is CNCc1csc(S(=O)(=O)Nc2cn(C)nc2C)c1. The molecule has 8 heteroatoms. The minimum Gasteiger partial charge on any atom is -0.316 e. The second-order valence-electron chi connectivity index (χ2n) is 4.21. The zero-order valence-electron chi connectivity index (χ0n) is 11.0. The van der Waals surface area contributed by atoms with Gasteiger partial charge in [0.05, 0.1) is 11.4 Å². The molecule has 104 valence electrons. The zero-order chi connectivity index (χ0) is 14.0. The predicted molar refractivity (Wildman–Crippen MR) is 75.8 cm³/mol. The molecule has 0 amide bonds. The van der Waals surface area contributed by atoms with Crippen LogP contribution in [-0.2, 0) is 23.6 Å². The molecular weight excluding hydrogens is 284 g/mol. The van der Waals surface area contributed by atoms with E-state index in [1.54, 1.807) is 30.9 Å². The minimum atomic E-state index is -3.53. The summed E-state index contributed by atoms with van der Waals surface area (Å²) < 4.78 is 28.9. The first kappa shape index (κ1) is 14.0. The summed E-state index contributed by atoms with van der Waals surface area (Å²) in [6.45, 7) is 2.41. The molecule has 0 spiro atoms. The van der Waals surface area contributed by atoms with Gasteiger partial charge in [0.2, 0.25) is 0 Å². The summed E-state index contributed by atoms with van der Waals surface area (Å²) >= 11 is 1.21. The summed E-state index contributed by atoms with van der Waals surface area (Å²) in [5, 5.41) is 8.93. The van der Waals surface area contributed by atoms with Gasteiger partial charge in [0, 0.05) is 19.8 Å². The van der Waals surface area contributed by atoms with E-state index in [1.165, 1.54) is 11.3 Å². The maximum Gasteiger partial charge on any atom is 0.271 e. The van der Waals surface area contributed by atoms with Crippen LogP contribution in [0.4, 0.5) is 5.69 Å². The van der Waals surface area contributed by atoms with Crippen molar-refractivity contribution in [2.45, 2.75) is 17.7 Å². The summed E-state index contributed by atoms with van der Waals surface area (Å²) in [5.41, 5.74) is 2.11. The van der Waals surface area contributed by atoms with Gasteiger partial charge in [0.15, 0.2) is 0 Å². The number of rotatable bonds is 5. The van der Waals surface area contributed by atoms with Gasteiger partial charge in [-0.3, -0.25) is 9.40 Å². The smallest absolute Gasteiger partial charge is 0.271 e. The molecule has 0 atom stereocenters. The molecule has 2 aromatic heterocycles. The molecule has 0 aliphatic carbocycles. The van der Waals surface area contributed by atoms with Gasteiger partial charge in [-0.2, -0.15) is 5.10 Å². The van der Waals surface area contributed by atoms with Crippen molar-refractivity contribution in [3.05, 3.63) is 28.9 Å². The van der Waals surface area contributed by atoms with E-state index in [-0.39, 0.29) is 0 Å². The number of aromatic nitrogens is 2. The quantitative estimate of drug-likeness (QED) is 0.873. The van der Waals surface area contributed by atoms with Gasteiger partial charge >= 0.3 is 0 Å². The number of hydrogen-bond acceptors (Lipinski definition) is 5. The normalized spacial score (nSPS) is 11.7. The van der Waals surface area contributed by atoms with E-state index in [1.807, 2.05) is 12.4 Å². The van der Waals surface area contributed by atoms with Gasteiger partial charge in [0.1, 0.15) is 4.21 Å². The highest BCUT2D eigenvalue weighted by molar-refractivity contribution is 7.94. The molecule has 0 fully saturated rings. The number of nitrogens with one attached hydrogen (secondary N) is 2. The van der Waals surface area contributed by atoms with Gasteiger partial charge in [-0.25, -0.2) is 8.42 Å². The molecular formula is C11H16N4O2S2. The fourth-order valence-corrected chi connectivity index (χ4v) is 4.00. The molecule has 0 aromatic carbocycles. The van der Waals surface area contributed by atoms with Crippen molar-refractivity contribution in [1.82, 2.24) is 15.1 Å². The van der Waals surface area contributed by atoms with Gasteiger partial charge in [-0.1, -0.05) is 0 Å². The monoisotopic (exact) mass is 300 g/mol. The molecule has 2 aromatic rings. The zero-order valence-corrected chi connectivity index (χ0v) is 12.6. The Bertz CT molecular complexity index is 673. The summed E-state index contributed by atoms with van der Waals surface area (Å²) in [7, 11) is 0.0409. The van der Waals surface area contributed by atoms with Crippen molar-refractivity contribution < 1.29 is 8.42 Å². The maximum atomic E-state index is 12.2. The molecule has 6 nitrogen and oxygen atoms in total. The summed E-state index contributed by atoms with van der Waals surface area (Å²) in [5.74, 6) is 0. The summed E-state index contributed by atoms with van der Waals surface area (Å²) in [6, 6.07) is 1.68. The Morgan fingerprint density at radius 2 is 2.21 bits per heavy atom. The predicted octanol–water partition coefficient (Wildman–Crippen LogP) is 1.31. The Labute approximate surface area is 116 Å². The number of sulfonamides is 1. The van der Waals surface area contributed by atoms with E-state index in [0.29, 0.717) is 22.1 Å². The highest BCUT2D eigenvalue weighted by Crippen LogP contribution is 2.24. The second kappa shape index (κ2) is 5.32. The number of hydrogen-bond donors (Lipinski definition) is 2. The van der Waals surface area contributed by atoms with Gasteiger partial charge in [0.25, 0.3) is 10.0 Å². The Morgan fingerprint density at radius 3 is 2.79 bits per heavy atom. The molecule has 0 unspecified atom stereocenters. The van der Waals surface area contributed by atoms with Crippen molar-refractivity contribution in [3.8, 4) is 0 Å². The Hall–Kier alpha value is -1.38. The average Bonchev–Trinajstić information content (AvgIpc) is 2.87. The molecule has 19 heavy (non-hydrogen) atoms. The van der Waals surface area contributed by atoms with Gasteiger partial charge in [-0.05, 0) is 31.0 Å². The van der Waals surface area contributed by atoms with Crippen molar-refractivity contribution in [2.24, 2.45) is 7.05 Å². The van der Waals surface area contributed by atoms with E-state index in [9.17, 15) is 8.42 Å². The largest absolute Gasteiger partial charge is 0.316 e. The van der Waals surface area contributed by atoms with E-state index in [0.717, 1.165) is 5.56 Å². The Morgan fingerprint density at radius 1 is 1.47 bits per heavy atom. The number of thiophene rings is 1. The van der Waals surface area contributed by atoms with E-state index in [4.69, 9.17) is 0 Å². The topological polar surface area (TPSA) is 76.0 Å².